The number of amidine groups is 2. The van der Waals surface area contributed by atoms with Gasteiger partial charge in [-0.25, -0.2) is 32.2 Å². The van der Waals surface area contributed by atoms with Crippen LogP contribution < -0.4 is 5.73 Å². The molecular formula is C59H71BrF4N10O5S2Si. The number of nitrogens with zero attached hydrogens (tertiary/aromatic N) is 9. The van der Waals surface area contributed by atoms with Gasteiger partial charge >= 0.3 is 6.09 Å². The summed E-state index contributed by atoms with van der Waals surface area (Å²) in [5, 5.41) is 8.76. The Morgan fingerprint density at radius 3 is 1.88 bits per heavy atom. The number of benzene rings is 2. The van der Waals surface area contributed by atoms with E-state index in [2.05, 4.69) is 55.4 Å². The van der Waals surface area contributed by atoms with Crippen LogP contribution in [0.3, 0.4) is 0 Å². The Balaban J connectivity index is 0.000000261. The zero-order valence-electron chi connectivity index (χ0n) is 47.6. The zero-order chi connectivity index (χ0) is 60.2. The number of allylic oxidation sites excluding steroid dienone is 1. The highest BCUT2D eigenvalue weighted by atomic mass is 79.9. The molecule has 2 aliphatic carbocycles. The summed E-state index contributed by atoms with van der Waals surface area (Å²) in [6.45, 7) is 24.1. The second-order valence-corrected chi connectivity index (χ2v) is 32.2. The van der Waals surface area contributed by atoms with Crippen molar-refractivity contribution in [3.63, 3.8) is 0 Å². The van der Waals surface area contributed by atoms with Crippen molar-refractivity contribution in [3.05, 3.63) is 140 Å². The van der Waals surface area contributed by atoms with Gasteiger partial charge in [0.15, 0.2) is 10.3 Å². The molecule has 438 valence electrons. The molecule has 2 saturated carbocycles. The van der Waals surface area contributed by atoms with E-state index in [-0.39, 0.29) is 70.7 Å². The molecule has 0 unspecified atom stereocenters. The van der Waals surface area contributed by atoms with Crippen LogP contribution >= 0.6 is 39.5 Å². The van der Waals surface area contributed by atoms with Gasteiger partial charge in [-0.05, 0) is 142 Å². The lowest BCUT2D eigenvalue weighted by Gasteiger charge is -2.38. The lowest BCUT2D eigenvalue weighted by molar-refractivity contribution is -0.130. The molecule has 3 amide bonds. The Hall–Kier alpha value is -6.37. The number of carbonyl (C=O) groups is 3. The third-order valence-corrected chi connectivity index (χ3v) is 18.7. The van der Waals surface area contributed by atoms with E-state index in [0.717, 1.165) is 10.5 Å². The summed E-state index contributed by atoms with van der Waals surface area (Å²) in [4.78, 5) is 64.6. The van der Waals surface area contributed by atoms with Gasteiger partial charge in [0.05, 0.1) is 22.5 Å². The van der Waals surface area contributed by atoms with E-state index in [1.807, 2.05) is 6.07 Å². The average molecular weight is 1250 g/mol. The second kappa shape index (κ2) is 26.0. The molecule has 2 N–H and O–H groups in total. The standard InChI is InChI=1S/C29H43F2N3O4SSi.C23H21F2N5OS.C6H3BrN2.CH4/c1-19(30)15-20-11-12-22(31)21(16-20)28(5)23-17-29(23,24(35)33(6)7)39-25(32-28)34(26(36)38-27(2,3)4)18-37-13-14-40(8,9)10;1-22(18-11-23(18,20(31)30(3)4)32-21(26)29-22)15-9-13(5-7-16(15)24)10-17(25)14-6-8-19(27-2)28-12-14;7-5-1-2-6(3-8)9-4-5;/h11-12,15-16,23H,13-14,17-18H2,1-10H3;5-10,12,18H,11H2,1,3-4H3,(H2,26,29);1-2,4H;1H4/b19-15-;17-10-;;/t23-,28+,29-;18-,22+,23-;;/m00../s1. The lowest BCUT2D eigenvalue weighted by atomic mass is 9.84. The molecule has 4 heterocycles. The van der Waals surface area contributed by atoms with Crippen molar-refractivity contribution in [3.8, 4) is 6.07 Å². The first-order chi connectivity index (χ1) is 37.7. The number of thioether (sulfide) groups is 2. The third-order valence-electron chi connectivity index (χ3n) is 13.7. The Bertz CT molecular complexity index is 3270. The quantitative estimate of drug-likeness (QED) is 0.0468. The van der Waals surface area contributed by atoms with E-state index < -0.39 is 63.6 Å². The molecule has 82 heavy (non-hydrogen) atoms. The highest BCUT2D eigenvalue weighted by molar-refractivity contribution is 9.10. The van der Waals surface area contributed by atoms with Gasteiger partial charge in [-0.3, -0.25) is 19.6 Å². The summed E-state index contributed by atoms with van der Waals surface area (Å²) >= 11 is 5.64. The number of halogens is 5. The van der Waals surface area contributed by atoms with Crippen LogP contribution in [0.25, 0.3) is 22.8 Å². The van der Waals surface area contributed by atoms with Crippen LogP contribution in [0, 0.1) is 41.4 Å². The molecule has 23 heteroatoms. The van der Waals surface area contributed by atoms with Crippen molar-refractivity contribution in [2.24, 2.45) is 27.6 Å². The number of hydrogen-bond donors (Lipinski definition) is 1. The van der Waals surface area contributed by atoms with Gasteiger partial charge in [0.2, 0.25) is 11.8 Å². The van der Waals surface area contributed by atoms with Crippen LogP contribution in [-0.4, -0.2) is 118 Å². The van der Waals surface area contributed by atoms with E-state index in [0.29, 0.717) is 36.3 Å². The second-order valence-electron chi connectivity index (χ2n) is 23.0. The summed E-state index contributed by atoms with van der Waals surface area (Å²) < 4.78 is 69.8. The van der Waals surface area contributed by atoms with Gasteiger partial charge in [0, 0.05) is 76.5 Å². The number of carbonyl (C=O) groups excluding carboxylic acids is 3. The molecule has 4 aromatic rings. The normalized spacial score (nSPS) is 23.3. The number of pyridine rings is 2. The molecule has 2 aromatic heterocycles. The predicted octanol–water partition coefficient (Wildman–Crippen LogP) is 13.6. The average Bonchev–Trinajstić information content (AvgIpc) is 4.52. The summed E-state index contributed by atoms with van der Waals surface area (Å²) in [5.74, 6) is -2.60. The van der Waals surface area contributed by atoms with Crippen molar-refractivity contribution in [1.29, 1.82) is 5.26 Å². The number of hydrogen-bond acceptors (Lipinski definition) is 13. The lowest BCUT2D eigenvalue weighted by Crippen LogP contribution is -2.48. The van der Waals surface area contributed by atoms with Gasteiger partial charge < -0.3 is 29.9 Å². The maximum atomic E-state index is 15.5. The van der Waals surface area contributed by atoms with Crippen molar-refractivity contribution >= 4 is 99.6 Å². The van der Waals surface area contributed by atoms with Crippen LogP contribution in [0.1, 0.15) is 95.3 Å². The Morgan fingerprint density at radius 2 is 1.41 bits per heavy atom. The molecule has 0 radical (unpaired) electrons. The van der Waals surface area contributed by atoms with Crippen LogP contribution in [0.15, 0.2) is 93.3 Å². The van der Waals surface area contributed by atoms with E-state index >= 15 is 4.39 Å². The minimum atomic E-state index is -1.39. The van der Waals surface area contributed by atoms with E-state index in [1.165, 1.54) is 99.9 Å². The van der Waals surface area contributed by atoms with Crippen molar-refractivity contribution in [2.45, 2.75) is 114 Å². The molecule has 0 saturated heterocycles. The number of ether oxygens (including phenoxy) is 2. The highest BCUT2D eigenvalue weighted by Crippen LogP contribution is 2.68. The van der Waals surface area contributed by atoms with E-state index in [4.69, 9.17) is 32.0 Å². The largest absolute Gasteiger partial charge is 0.443 e. The van der Waals surface area contributed by atoms with Crippen LogP contribution in [-0.2, 0) is 30.1 Å². The fourth-order valence-corrected chi connectivity index (χ4v) is 13.7. The molecule has 2 fully saturated rings. The maximum Gasteiger partial charge on any atom is 0.418 e. The first kappa shape index (κ1) is 66.4. The molecule has 0 bridgehead atoms. The monoisotopic (exact) mass is 1250 g/mol. The summed E-state index contributed by atoms with van der Waals surface area (Å²) in [5.41, 5.74) is 5.11. The summed E-state index contributed by atoms with van der Waals surface area (Å²) in [6, 6.07) is 17.8. The van der Waals surface area contributed by atoms with Gasteiger partial charge in [0.1, 0.15) is 57.2 Å². The molecular weight excluding hydrogens is 1180 g/mol. The molecule has 15 nitrogen and oxygen atoms in total. The molecule has 8 rings (SSSR count). The number of rotatable bonds is 12. The number of nitriles is 1. The molecule has 0 spiro atoms. The van der Waals surface area contributed by atoms with Gasteiger partial charge in [-0.2, -0.15) is 5.26 Å². The molecule has 6 atom stereocenters. The SMILES string of the molecule is C.C/C(F)=C/c1ccc(F)c([C@@]2(C)N=C(N(COCC[Si](C)(C)C)C(=O)OC(C)(C)C)S[C@@]3(C(=O)N(C)C)C[C@H]32)c1.N#Cc1ccc(Br)cn1.[C-]#[N+]c1ccc(/C(F)=C/c2ccc(F)c([C@@]3(C)N=C(N)S[C@@]4(C(=O)N(C)C)C[C@H]43)c2)cn1. The number of nitrogens with two attached hydrogens (primary N) is 1. The number of aromatic nitrogens is 2. The molecule has 4 aliphatic rings. The summed E-state index contributed by atoms with van der Waals surface area (Å²) in [7, 11) is 5.33. The van der Waals surface area contributed by atoms with E-state index in [9.17, 15) is 27.6 Å². The minimum absolute atomic E-state index is 0. The topological polar surface area (TPSA) is 184 Å². The van der Waals surface area contributed by atoms with Crippen LogP contribution in [0.5, 0.6) is 0 Å². The Labute approximate surface area is 496 Å². The summed E-state index contributed by atoms with van der Waals surface area (Å²) in [6.07, 6.45) is 5.78. The molecule has 2 aliphatic heterocycles. The van der Waals surface area contributed by atoms with Gasteiger partial charge in [-0.15, -0.1) is 4.98 Å². The fourth-order valence-electron chi connectivity index (χ4n) is 9.50. The smallest absolute Gasteiger partial charge is 0.418 e. The number of aliphatic imine (C=N–C) groups is 2. The Morgan fingerprint density at radius 1 is 0.866 bits per heavy atom. The Kier molecular flexibility index (Phi) is 21.1. The first-order valence-electron chi connectivity index (χ1n) is 25.7. The highest BCUT2D eigenvalue weighted by Gasteiger charge is 2.72. The number of fused-ring (bicyclic) bond motifs is 2. The molecule has 2 aromatic carbocycles. The predicted molar refractivity (Wildman–Crippen MR) is 325 cm³/mol. The van der Waals surface area contributed by atoms with Crippen LogP contribution in [0.2, 0.25) is 25.7 Å². The van der Waals surface area contributed by atoms with Crippen LogP contribution in [0.4, 0.5) is 28.2 Å². The third kappa shape index (κ3) is 15.4. The first-order valence-corrected chi connectivity index (χ1v) is 31.9. The van der Waals surface area contributed by atoms with Crippen molar-refractivity contribution < 1.29 is 41.4 Å². The fraction of sp³-hybridized carbons (Fsp3) is 0.441. The van der Waals surface area contributed by atoms with Gasteiger partial charge in [-0.1, -0.05) is 75.4 Å². The number of amides is 3. The van der Waals surface area contributed by atoms with Gasteiger partial charge in [0.25, 0.3) is 5.82 Å². The van der Waals surface area contributed by atoms with Crippen molar-refractivity contribution in [2.75, 3.05) is 41.5 Å². The van der Waals surface area contributed by atoms with E-state index in [1.54, 1.807) is 93.3 Å². The maximum absolute atomic E-state index is 15.5. The zero-order valence-corrected chi connectivity index (χ0v) is 51.8. The van der Waals surface area contributed by atoms with Crippen molar-refractivity contribution in [1.82, 2.24) is 24.7 Å². The minimum Gasteiger partial charge on any atom is -0.443 e.